The molecule has 0 unspecified atom stereocenters. The number of carbonyl (C=O) groups excluding carboxylic acids is 1. The minimum atomic E-state index is -0.952. The number of carbonyl (C=O) groups is 1. The Kier molecular flexibility index (Phi) is 6.67. The average Bonchev–Trinajstić information content (AvgIpc) is 3.60. The largest absolute Gasteiger partial charge is 0.463 e. The van der Waals surface area contributed by atoms with Crippen molar-refractivity contribution in [2.24, 2.45) is 4.99 Å². The van der Waals surface area contributed by atoms with Crippen molar-refractivity contribution in [3.05, 3.63) is 105 Å². The SMILES string of the molecule is CCOC(=O)C1=C(C)N=c2s/c(=C\c3cccs3)c(=O)n2[C@H]1c1ccc(-c2cc([N+](=O)[O-])ccc2Cl)o1. The summed E-state index contributed by atoms with van der Waals surface area (Å²) >= 11 is 9.02. The molecule has 1 aromatic carbocycles. The van der Waals surface area contributed by atoms with Crippen molar-refractivity contribution in [1.29, 1.82) is 0 Å². The molecule has 0 saturated heterocycles. The molecule has 3 aromatic heterocycles. The standard InChI is InChI=1S/C25H18ClN3O6S2/c1-3-34-24(31)21-13(2)27-25-28(23(30)20(37-25)12-15-5-4-10-36-15)22(21)19-9-8-18(35-19)16-11-14(29(32)33)6-7-17(16)26/h4-12,22H,3H2,1-2H3/b20-12-/t22-/m0/s1. The Labute approximate surface area is 222 Å². The van der Waals surface area contributed by atoms with E-state index in [1.807, 2.05) is 17.5 Å². The molecule has 0 bridgehead atoms. The summed E-state index contributed by atoms with van der Waals surface area (Å²) in [6, 6.07) is 10.1. The highest BCUT2D eigenvalue weighted by Gasteiger charge is 2.35. The Bertz CT molecular complexity index is 1750. The van der Waals surface area contributed by atoms with Crippen molar-refractivity contribution in [1.82, 2.24) is 4.57 Å². The van der Waals surface area contributed by atoms with Crippen molar-refractivity contribution in [3.8, 4) is 11.3 Å². The number of ether oxygens (including phenoxy) is 1. The van der Waals surface area contributed by atoms with E-state index in [-0.39, 0.29) is 40.0 Å². The molecule has 37 heavy (non-hydrogen) atoms. The van der Waals surface area contributed by atoms with E-state index in [4.69, 9.17) is 20.8 Å². The van der Waals surface area contributed by atoms with Crippen molar-refractivity contribution in [3.63, 3.8) is 0 Å². The molecule has 9 nitrogen and oxygen atoms in total. The molecule has 0 fully saturated rings. The second kappa shape index (κ2) is 9.92. The summed E-state index contributed by atoms with van der Waals surface area (Å²) in [6.07, 6.45) is 1.78. The fraction of sp³-hybridized carbons (Fsp3) is 0.160. The predicted molar refractivity (Wildman–Crippen MR) is 141 cm³/mol. The van der Waals surface area contributed by atoms with Crippen LogP contribution < -0.4 is 14.9 Å². The molecule has 188 valence electrons. The molecule has 1 atom stereocenters. The van der Waals surface area contributed by atoms with E-state index in [0.29, 0.717) is 20.6 Å². The highest BCUT2D eigenvalue weighted by atomic mass is 35.5. The van der Waals surface area contributed by atoms with E-state index in [9.17, 15) is 19.7 Å². The molecule has 12 heteroatoms. The zero-order chi connectivity index (χ0) is 26.3. The normalized spacial score (nSPS) is 15.4. The van der Waals surface area contributed by atoms with Crippen LogP contribution in [-0.4, -0.2) is 22.1 Å². The number of benzene rings is 1. The summed E-state index contributed by atoms with van der Waals surface area (Å²) < 4.78 is 13.3. The molecule has 4 heterocycles. The van der Waals surface area contributed by atoms with Gasteiger partial charge in [0, 0.05) is 22.6 Å². The van der Waals surface area contributed by atoms with E-state index in [2.05, 4.69) is 4.99 Å². The molecule has 1 aliphatic rings. The fourth-order valence-electron chi connectivity index (χ4n) is 4.02. The molecule has 0 saturated carbocycles. The van der Waals surface area contributed by atoms with Crippen molar-refractivity contribution in [2.45, 2.75) is 19.9 Å². The summed E-state index contributed by atoms with van der Waals surface area (Å²) in [5.74, 6) is -0.103. The lowest BCUT2D eigenvalue weighted by Crippen LogP contribution is -2.39. The first-order valence-corrected chi connectivity index (χ1v) is 13.1. The molecule has 4 aromatic rings. The molecular formula is C25H18ClN3O6S2. The van der Waals surface area contributed by atoms with Crippen molar-refractivity contribution < 1.29 is 18.9 Å². The fourth-order valence-corrected chi connectivity index (χ4v) is 6.00. The molecule has 5 rings (SSSR count). The maximum atomic E-state index is 13.6. The van der Waals surface area contributed by atoms with Gasteiger partial charge in [-0.3, -0.25) is 19.5 Å². The third kappa shape index (κ3) is 4.57. The number of allylic oxidation sites excluding steroid dienone is 1. The van der Waals surface area contributed by atoms with Gasteiger partial charge in [0.25, 0.3) is 11.2 Å². The van der Waals surface area contributed by atoms with Crippen LogP contribution in [0.5, 0.6) is 0 Å². The summed E-state index contributed by atoms with van der Waals surface area (Å²) in [6.45, 7) is 3.50. The van der Waals surface area contributed by atoms with Crippen LogP contribution in [0.2, 0.25) is 5.02 Å². The van der Waals surface area contributed by atoms with E-state index in [1.54, 1.807) is 32.1 Å². The zero-order valence-electron chi connectivity index (χ0n) is 19.5. The number of hydrogen-bond acceptors (Lipinski definition) is 9. The second-order valence-corrected chi connectivity index (χ2v) is 10.3. The monoisotopic (exact) mass is 555 g/mol. The van der Waals surface area contributed by atoms with Gasteiger partial charge in [0.1, 0.15) is 17.6 Å². The number of thiophene rings is 1. The number of thiazole rings is 1. The average molecular weight is 556 g/mol. The van der Waals surface area contributed by atoms with Crippen molar-refractivity contribution >= 4 is 52.0 Å². The molecule has 1 aliphatic heterocycles. The van der Waals surface area contributed by atoms with Crippen LogP contribution in [0.25, 0.3) is 17.4 Å². The van der Waals surface area contributed by atoms with Gasteiger partial charge in [0.05, 0.1) is 32.4 Å². The van der Waals surface area contributed by atoms with Crippen LogP contribution in [0.15, 0.2) is 73.3 Å². The van der Waals surface area contributed by atoms with E-state index < -0.39 is 16.9 Å². The van der Waals surface area contributed by atoms with Gasteiger partial charge in [-0.05, 0) is 49.6 Å². The summed E-state index contributed by atoms with van der Waals surface area (Å²) in [4.78, 5) is 43.2. The van der Waals surface area contributed by atoms with E-state index in [0.717, 1.165) is 4.88 Å². The number of esters is 1. The Morgan fingerprint density at radius 1 is 1.32 bits per heavy atom. The maximum Gasteiger partial charge on any atom is 0.338 e. The van der Waals surface area contributed by atoms with Gasteiger partial charge in [-0.1, -0.05) is 29.0 Å². The molecule has 0 N–H and O–H groups in total. The first-order chi connectivity index (χ1) is 17.8. The number of non-ortho nitro benzene ring substituents is 1. The number of rotatable bonds is 6. The van der Waals surface area contributed by atoms with Gasteiger partial charge in [0.15, 0.2) is 4.80 Å². The topological polar surface area (TPSA) is 117 Å². The van der Waals surface area contributed by atoms with Crippen LogP contribution in [0.3, 0.4) is 0 Å². The predicted octanol–water partition coefficient (Wildman–Crippen LogP) is 4.68. The molecule has 0 radical (unpaired) electrons. The third-order valence-electron chi connectivity index (χ3n) is 5.66. The highest BCUT2D eigenvalue weighted by molar-refractivity contribution is 7.11. The van der Waals surface area contributed by atoms with Gasteiger partial charge in [0.2, 0.25) is 0 Å². The number of nitro groups is 1. The van der Waals surface area contributed by atoms with E-state index in [1.165, 1.54) is 45.4 Å². The molecule has 0 amide bonds. The summed E-state index contributed by atoms with van der Waals surface area (Å²) in [5.41, 5.74) is 0.400. The Hall–Kier alpha value is -3.80. The Balaban J connectivity index is 1.70. The van der Waals surface area contributed by atoms with Crippen LogP contribution in [0.1, 0.15) is 30.5 Å². The van der Waals surface area contributed by atoms with Gasteiger partial charge in [-0.15, -0.1) is 11.3 Å². The number of furan rings is 1. The summed E-state index contributed by atoms with van der Waals surface area (Å²) in [7, 11) is 0. The van der Waals surface area contributed by atoms with Crippen LogP contribution >= 0.6 is 34.3 Å². The first kappa shape index (κ1) is 24.9. The number of nitrogens with zero attached hydrogens (tertiary/aromatic N) is 3. The van der Waals surface area contributed by atoms with Gasteiger partial charge >= 0.3 is 5.97 Å². The molecule has 0 aliphatic carbocycles. The zero-order valence-corrected chi connectivity index (χ0v) is 21.9. The number of hydrogen-bond donors (Lipinski definition) is 0. The lowest BCUT2D eigenvalue weighted by atomic mass is 10.0. The van der Waals surface area contributed by atoms with Crippen LogP contribution in [0, 0.1) is 10.1 Å². The number of aromatic nitrogens is 1. The lowest BCUT2D eigenvalue weighted by molar-refractivity contribution is -0.384. The smallest absolute Gasteiger partial charge is 0.338 e. The Morgan fingerprint density at radius 3 is 2.84 bits per heavy atom. The first-order valence-electron chi connectivity index (χ1n) is 11.1. The third-order valence-corrected chi connectivity index (χ3v) is 7.79. The second-order valence-electron chi connectivity index (χ2n) is 7.94. The minimum absolute atomic E-state index is 0.137. The number of halogens is 1. The minimum Gasteiger partial charge on any atom is -0.463 e. The lowest BCUT2D eigenvalue weighted by Gasteiger charge is -2.22. The maximum absolute atomic E-state index is 13.6. The van der Waals surface area contributed by atoms with Gasteiger partial charge in [-0.25, -0.2) is 9.79 Å². The molecular weight excluding hydrogens is 538 g/mol. The highest BCUT2D eigenvalue weighted by Crippen LogP contribution is 2.37. The molecule has 0 spiro atoms. The van der Waals surface area contributed by atoms with E-state index >= 15 is 0 Å². The van der Waals surface area contributed by atoms with Crippen LogP contribution in [-0.2, 0) is 9.53 Å². The Morgan fingerprint density at radius 2 is 2.14 bits per heavy atom. The quantitative estimate of drug-likeness (QED) is 0.194. The summed E-state index contributed by atoms with van der Waals surface area (Å²) in [5, 5.41) is 13.4. The van der Waals surface area contributed by atoms with Crippen molar-refractivity contribution in [2.75, 3.05) is 6.61 Å². The van der Waals surface area contributed by atoms with Gasteiger partial charge < -0.3 is 9.15 Å². The number of nitro benzene ring substituents is 1. The van der Waals surface area contributed by atoms with Crippen LogP contribution in [0.4, 0.5) is 5.69 Å². The van der Waals surface area contributed by atoms with Gasteiger partial charge in [-0.2, -0.15) is 0 Å². The number of fused-ring (bicyclic) bond motifs is 1.